The average Bonchev–Trinajstić information content (AvgIpc) is 2.70. The predicted molar refractivity (Wildman–Crippen MR) is 145 cm³/mol. The third-order valence-electron chi connectivity index (χ3n) is 3.70. The van der Waals surface area contributed by atoms with Gasteiger partial charge in [0.15, 0.2) is 0 Å². The van der Waals surface area contributed by atoms with Crippen molar-refractivity contribution in [3.05, 3.63) is 0 Å². The first kappa shape index (κ1) is 30.5. The Morgan fingerprint density at radius 3 is 1.40 bits per heavy atom. The highest BCUT2D eigenvalue weighted by molar-refractivity contribution is 8.48. The molecule has 4 nitrogen and oxygen atoms in total. The molecule has 0 N–H and O–H groups in total. The van der Waals surface area contributed by atoms with Crippen LogP contribution in [0.15, 0.2) is 0 Å². The minimum Gasteiger partial charge on any atom is -0.465 e. The SMILES string of the molecule is CCCCSC(=S)SC(CCC(SC(=S)SCCCC)C(=O)OCC)C(=O)OCC. The molecule has 0 heterocycles. The Kier molecular flexibility index (Phi) is 20.5. The number of carbonyl (C=O) groups is 2. The molecule has 0 spiro atoms. The Bertz CT molecular complexity index is 483. The minimum absolute atomic E-state index is 0.284. The maximum Gasteiger partial charge on any atom is 0.319 e. The van der Waals surface area contributed by atoms with Crippen molar-refractivity contribution in [3.63, 3.8) is 0 Å². The van der Waals surface area contributed by atoms with Gasteiger partial charge in [0.1, 0.15) is 17.6 Å². The summed E-state index contributed by atoms with van der Waals surface area (Å²) in [5.74, 6) is 1.33. The first-order valence-corrected chi connectivity index (χ1v) is 14.9. The first-order valence-electron chi connectivity index (χ1n) is 10.4. The molecule has 0 bridgehead atoms. The van der Waals surface area contributed by atoms with Crippen molar-refractivity contribution < 1.29 is 19.1 Å². The second-order valence-corrected chi connectivity index (χ2v) is 13.2. The zero-order valence-electron chi connectivity index (χ0n) is 18.3. The molecule has 10 heteroatoms. The van der Waals surface area contributed by atoms with Crippen LogP contribution in [-0.2, 0) is 19.1 Å². The summed E-state index contributed by atoms with van der Waals surface area (Å²) < 4.78 is 12.0. The van der Waals surface area contributed by atoms with Crippen LogP contribution < -0.4 is 0 Å². The van der Waals surface area contributed by atoms with Gasteiger partial charge in [-0.25, -0.2) is 0 Å². The Morgan fingerprint density at radius 2 is 1.10 bits per heavy atom. The Balaban J connectivity index is 4.97. The molecule has 0 aromatic heterocycles. The van der Waals surface area contributed by atoms with Crippen LogP contribution in [0.3, 0.4) is 0 Å². The number of unbranched alkanes of at least 4 members (excludes halogenated alkanes) is 2. The highest BCUT2D eigenvalue weighted by atomic mass is 32.2. The molecule has 30 heavy (non-hydrogen) atoms. The topological polar surface area (TPSA) is 52.6 Å². The zero-order valence-corrected chi connectivity index (χ0v) is 23.2. The van der Waals surface area contributed by atoms with Gasteiger partial charge in [-0.3, -0.25) is 9.59 Å². The number of thiocarbonyl (C=S) groups is 2. The summed E-state index contributed by atoms with van der Waals surface area (Å²) in [7, 11) is 0. The highest BCUT2D eigenvalue weighted by Gasteiger charge is 2.28. The van der Waals surface area contributed by atoms with E-state index in [0.29, 0.717) is 26.1 Å². The van der Waals surface area contributed by atoms with Crippen molar-refractivity contribution in [2.24, 2.45) is 0 Å². The number of hydrogen-bond acceptors (Lipinski definition) is 10. The molecule has 0 saturated carbocycles. The molecule has 0 aliphatic carbocycles. The maximum absolute atomic E-state index is 12.4. The fourth-order valence-electron chi connectivity index (χ4n) is 2.12. The van der Waals surface area contributed by atoms with Crippen LogP contribution in [-0.4, -0.2) is 54.2 Å². The van der Waals surface area contributed by atoms with Crippen LogP contribution in [0.2, 0.25) is 0 Å². The van der Waals surface area contributed by atoms with Gasteiger partial charge in [-0.1, -0.05) is 74.6 Å². The number of esters is 2. The maximum atomic E-state index is 12.4. The lowest BCUT2D eigenvalue weighted by Crippen LogP contribution is -2.26. The van der Waals surface area contributed by atoms with Crippen LogP contribution in [0.4, 0.5) is 0 Å². The van der Waals surface area contributed by atoms with Gasteiger partial charge in [-0.2, -0.15) is 0 Å². The molecular weight excluding hydrogens is 497 g/mol. The molecule has 2 atom stereocenters. The largest absolute Gasteiger partial charge is 0.465 e. The van der Waals surface area contributed by atoms with Gasteiger partial charge in [-0.15, -0.1) is 23.5 Å². The minimum atomic E-state index is -0.426. The van der Waals surface area contributed by atoms with E-state index in [0.717, 1.165) is 44.2 Å². The van der Waals surface area contributed by atoms with E-state index in [1.54, 1.807) is 37.4 Å². The molecule has 0 aromatic rings. The number of ether oxygens (including phenoxy) is 2. The van der Waals surface area contributed by atoms with E-state index in [9.17, 15) is 9.59 Å². The van der Waals surface area contributed by atoms with E-state index >= 15 is 0 Å². The molecular formula is C20H34O4S6. The lowest BCUT2D eigenvalue weighted by molar-refractivity contribution is -0.144. The number of rotatable bonds is 15. The molecule has 0 radical (unpaired) electrons. The lowest BCUT2D eigenvalue weighted by Gasteiger charge is -2.19. The number of hydrogen-bond donors (Lipinski definition) is 0. The van der Waals surface area contributed by atoms with Crippen LogP contribution in [0.5, 0.6) is 0 Å². The standard InChI is InChI=1S/C20H34O4S6/c1-5-9-13-27-19(25)29-15(17(21)23-7-3)11-12-16(18(22)24-8-4)30-20(26)28-14-10-6-2/h15-16H,5-14H2,1-4H3. The molecule has 2 unspecified atom stereocenters. The van der Waals surface area contributed by atoms with Crippen molar-refractivity contribution in [2.75, 3.05) is 24.7 Å². The van der Waals surface area contributed by atoms with Crippen LogP contribution in [0.1, 0.15) is 66.2 Å². The molecule has 0 rings (SSSR count). The van der Waals surface area contributed by atoms with E-state index in [4.69, 9.17) is 33.9 Å². The molecule has 0 aliphatic rings. The van der Waals surface area contributed by atoms with E-state index in [1.165, 1.54) is 23.5 Å². The summed E-state index contributed by atoms with van der Waals surface area (Å²) in [6.07, 6.45) is 5.36. The van der Waals surface area contributed by atoms with Gasteiger partial charge in [-0.05, 0) is 51.0 Å². The van der Waals surface area contributed by atoms with Gasteiger partial charge in [0.25, 0.3) is 0 Å². The average molecular weight is 531 g/mol. The van der Waals surface area contributed by atoms with Gasteiger partial charge in [0, 0.05) is 0 Å². The molecule has 0 fully saturated rings. The van der Waals surface area contributed by atoms with Crippen LogP contribution >= 0.6 is 71.5 Å². The molecule has 0 amide bonds. The summed E-state index contributed by atoms with van der Waals surface area (Å²) in [6.45, 7) is 8.49. The fraction of sp³-hybridized carbons (Fsp3) is 0.800. The molecule has 174 valence electrons. The predicted octanol–water partition coefficient (Wildman–Crippen LogP) is 6.73. The second kappa shape index (κ2) is 20.1. The van der Waals surface area contributed by atoms with Crippen LogP contribution in [0.25, 0.3) is 0 Å². The van der Waals surface area contributed by atoms with E-state index in [-0.39, 0.29) is 11.9 Å². The van der Waals surface area contributed by atoms with Crippen molar-refractivity contribution in [3.8, 4) is 0 Å². The molecule has 0 aromatic carbocycles. The van der Waals surface area contributed by atoms with E-state index in [1.807, 2.05) is 0 Å². The monoisotopic (exact) mass is 530 g/mol. The summed E-state index contributed by atoms with van der Waals surface area (Å²) in [5, 5.41) is -0.851. The zero-order chi connectivity index (χ0) is 22.8. The van der Waals surface area contributed by atoms with Crippen molar-refractivity contribution in [1.82, 2.24) is 0 Å². The third kappa shape index (κ3) is 15.3. The van der Waals surface area contributed by atoms with Gasteiger partial charge in [0.2, 0.25) is 0 Å². The van der Waals surface area contributed by atoms with Gasteiger partial charge >= 0.3 is 11.9 Å². The lowest BCUT2D eigenvalue weighted by atomic mass is 10.2. The highest BCUT2D eigenvalue weighted by Crippen LogP contribution is 2.31. The molecule has 0 saturated heterocycles. The van der Waals surface area contributed by atoms with Crippen molar-refractivity contribution in [2.45, 2.75) is 76.7 Å². The van der Waals surface area contributed by atoms with E-state index < -0.39 is 10.5 Å². The Hall–Kier alpha value is 0.520. The third-order valence-corrected chi connectivity index (χ3v) is 9.54. The van der Waals surface area contributed by atoms with E-state index in [2.05, 4.69) is 13.8 Å². The summed E-state index contributed by atoms with van der Waals surface area (Å²) in [6, 6.07) is 0. The second-order valence-electron chi connectivity index (χ2n) is 6.20. The normalized spacial score (nSPS) is 12.8. The number of thioether (sulfide) groups is 4. The Labute approximate surface area is 209 Å². The van der Waals surface area contributed by atoms with Crippen molar-refractivity contribution >= 4 is 90.5 Å². The summed E-state index contributed by atoms with van der Waals surface area (Å²) in [5.41, 5.74) is 0. The fourth-order valence-corrected chi connectivity index (χ4v) is 7.56. The van der Waals surface area contributed by atoms with Crippen LogP contribution in [0, 0.1) is 0 Å². The summed E-state index contributed by atoms with van der Waals surface area (Å²) >= 11 is 16.8. The van der Waals surface area contributed by atoms with Crippen molar-refractivity contribution in [1.29, 1.82) is 0 Å². The smallest absolute Gasteiger partial charge is 0.319 e. The van der Waals surface area contributed by atoms with Gasteiger partial charge in [0.05, 0.1) is 13.2 Å². The first-order chi connectivity index (χ1) is 14.4. The number of carbonyl (C=O) groups excluding carboxylic acids is 2. The Morgan fingerprint density at radius 1 is 0.733 bits per heavy atom. The quantitative estimate of drug-likeness (QED) is 0.129. The molecule has 0 aliphatic heterocycles. The summed E-state index contributed by atoms with van der Waals surface area (Å²) in [4.78, 5) is 24.9. The van der Waals surface area contributed by atoms with Gasteiger partial charge < -0.3 is 9.47 Å².